The molecule has 0 aromatic heterocycles. The topological polar surface area (TPSA) is 75.7 Å². The van der Waals surface area contributed by atoms with Gasteiger partial charge in [-0.05, 0) is 64.9 Å². The van der Waals surface area contributed by atoms with Crippen LogP contribution in [-0.4, -0.2) is 17.8 Å². The molecule has 0 bridgehead atoms. The summed E-state index contributed by atoms with van der Waals surface area (Å²) in [6.07, 6.45) is 1.44. The zero-order valence-corrected chi connectivity index (χ0v) is 21.3. The SMILES string of the molecule is O=C1NC(=O)N(c2ccc(Cl)cc2)C(=O)/C1=C/c1c(OCc2ccc(Cl)c(Cl)c2)ccc2ccccc12. The molecule has 9 heteroatoms. The summed E-state index contributed by atoms with van der Waals surface area (Å²) in [5, 5.41) is 5.16. The van der Waals surface area contributed by atoms with Crippen molar-refractivity contribution in [1.82, 2.24) is 5.32 Å². The second kappa shape index (κ2) is 10.3. The molecule has 1 fully saturated rings. The summed E-state index contributed by atoms with van der Waals surface area (Å²) in [6, 6.07) is 21.6. The van der Waals surface area contributed by atoms with Crippen molar-refractivity contribution in [3.05, 3.63) is 111 Å². The smallest absolute Gasteiger partial charge is 0.335 e. The fourth-order valence-electron chi connectivity index (χ4n) is 3.97. The Morgan fingerprint density at radius 1 is 0.838 bits per heavy atom. The number of hydrogen-bond acceptors (Lipinski definition) is 4. The molecular formula is C28H17Cl3N2O4. The van der Waals surface area contributed by atoms with E-state index < -0.39 is 17.8 Å². The summed E-state index contributed by atoms with van der Waals surface area (Å²) < 4.78 is 6.10. The van der Waals surface area contributed by atoms with E-state index in [1.807, 2.05) is 30.3 Å². The molecule has 6 nitrogen and oxygen atoms in total. The number of amides is 4. The van der Waals surface area contributed by atoms with Gasteiger partial charge >= 0.3 is 6.03 Å². The number of barbiturate groups is 1. The minimum Gasteiger partial charge on any atom is -0.488 e. The molecule has 37 heavy (non-hydrogen) atoms. The standard InChI is InChI=1S/C28H17Cl3N2O4/c29-18-7-9-19(10-8-18)33-27(35)22(26(34)32-28(33)36)14-21-20-4-2-1-3-17(20)6-12-25(21)37-15-16-5-11-23(30)24(31)13-16/h1-14H,15H2,(H,32,34,36)/b22-14+. The molecule has 4 aromatic carbocycles. The molecule has 1 aliphatic rings. The van der Waals surface area contributed by atoms with Crippen LogP contribution in [-0.2, 0) is 16.2 Å². The highest BCUT2D eigenvalue weighted by molar-refractivity contribution is 6.42. The van der Waals surface area contributed by atoms with Crippen LogP contribution in [0.25, 0.3) is 16.8 Å². The lowest BCUT2D eigenvalue weighted by molar-refractivity contribution is -0.122. The molecule has 0 radical (unpaired) electrons. The van der Waals surface area contributed by atoms with Gasteiger partial charge in [-0.2, -0.15) is 0 Å². The van der Waals surface area contributed by atoms with E-state index in [1.165, 1.54) is 18.2 Å². The number of urea groups is 1. The van der Waals surface area contributed by atoms with Crippen LogP contribution in [0.2, 0.25) is 15.1 Å². The van der Waals surface area contributed by atoms with Gasteiger partial charge < -0.3 is 4.74 Å². The summed E-state index contributed by atoms with van der Waals surface area (Å²) in [5.74, 6) is -1.13. The number of ether oxygens (including phenoxy) is 1. The summed E-state index contributed by atoms with van der Waals surface area (Å²) >= 11 is 18.1. The first-order valence-electron chi connectivity index (χ1n) is 11.1. The third-order valence-corrected chi connectivity index (χ3v) is 6.78. The Morgan fingerprint density at radius 3 is 2.35 bits per heavy atom. The molecule has 0 saturated carbocycles. The molecule has 1 saturated heterocycles. The van der Waals surface area contributed by atoms with Crippen molar-refractivity contribution < 1.29 is 19.1 Å². The van der Waals surface area contributed by atoms with Crippen LogP contribution < -0.4 is 15.0 Å². The van der Waals surface area contributed by atoms with Crippen molar-refractivity contribution in [1.29, 1.82) is 0 Å². The van der Waals surface area contributed by atoms with Crippen LogP contribution in [0.1, 0.15) is 11.1 Å². The van der Waals surface area contributed by atoms with Crippen LogP contribution in [0, 0.1) is 0 Å². The Bertz CT molecular complexity index is 1600. The van der Waals surface area contributed by atoms with Gasteiger partial charge in [0.2, 0.25) is 0 Å². The van der Waals surface area contributed by atoms with E-state index in [0.29, 0.717) is 26.4 Å². The molecule has 1 N–H and O–H groups in total. The van der Waals surface area contributed by atoms with Gasteiger partial charge in [0.25, 0.3) is 11.8 Å². The van der Waals surface area contributed by atoms with Crippen molar-refractivity contribution >= 4 is 75.2 Å². The summed E-state index contributed by atoms with van der Waals surface area (Å²) in [7, 11) is 0. The molecule has 0 spiro atoms. The van der Waals surface area contributed by atoms with Gasteiger partial charge in [-0.1, -0.05) is 71.2 Å². The Balaban J connectivity index is 1.57. The molecule has 0 atom stereocenters. The first kappa shape index (κ1) is 24.8. The maximum atomic E-state index is 13.4. The zero-order chi connectivity index (χ0) is 26.1. The molecule has 4 amide bonds. The van der Waals surface area contributed by atoms with Gasteiger partial charge in [0.1, 0.15) is 17.9 Å². The predicted molar refractivity (Wildman–Crippen MR) is 145 cm³/mol. The Hall–Kier alpha value is -3.84. The van der Waals surface area contributed by atoms with E-state index in [1.54, 1.807) is 36.4 Å². The quantitative estimate of drug-likeness (QED) is 0.213. The number of hydrogen-bond donors (Lipinski definition) is 1. The highest BCUT2D eigenvalue weighted by Gasteiger charge is 2.37. The van der Waals surface area contributed by atoms with Gasteiger partial charge in [-0.25, -0.2) is 9.69 Å². The number of imide groups is 2. The first-order chi connectivity index (χ1) is 17.8. The largest absolute Gasteiger partial charge is 0.488 e. The number of carbonyl (C=O) groups excluding carboxylic acids is 3. The van der Waals surface area contributed by atoms with Crippen molar-refractivity contribution in [3.8, 4) is 5.75 Å². The van der Waals surface area contributed by atoms with Crippen LogP contribution in [0.15, 0.2) is 84.4 Å². The van der Waals surface area contributed by atoms with E-state index in [9.17, 15) is 14.4 Å². The third kappa shape index (κ3) is 5.04. The normalized spacial score (nSPS) is 14.8. The lowest BCUT2D eigenvalue weighted by atomic mass is 9.99. The zero-order valence-electron chi connectivity index (χ0n) is 19.0. The minimum atomic E-state index is -0.844. The molecule has 1 aliphatic heterocycles. The van der Waals surface area contributed by atoms with Gasteiger partial charge in [0.15, 0.2) is 0 Å². The second-order valence-corrected chi connectivity index (χ2v) is 9.42. The van der Waals surface area contributed by atoms with Crippen molar-refractivity contribution in [2.24, 2.45) is 0 Å². The number of fused-ring (bicyclic) bond motifs is 1. The van der Waals surface area contributed by atoms with E-state index >= 15 is 0 Å². The van der Waals surface area contributed by atoms with Crippen molar-refractivity contribution in [2.75, 3.05) is 4.90 Å². The van der Waals surface area contributed by atoms with Gasteiger partial charge in [0, 0.05) is 10.6 Å². The Morgan fingerprint density at radius 2 is 1.59 bits per heavy atom. The number of carbonyl (C=O) groups is 3. The number of nitrogens with one attached hydrogen (secondary N) is 1. The van der Waals surface area contributed by atoms with Gasteiger partial charge in [-0.3, -0.25) is 14.9 Å². The van der Waals surface area contributed by atoms with E-state index in [4.69, 9.17) is 39.5 Å². The Labute approximate surface area is 227 Å². The number of halogens is 3. The van der Waals surface area contributed by atoms with E-state index in [2.05, 4.69) is 5.32 Å². The first-order valence-corrected chi connectivity index (χ1v) is 12.2. The fourth-order valence-corrected chi connectivity index (χ4v) is 4.41. The number of rotatable bonds is 5. The summed E-state index contributed by atoms with van der Waals surface area (Å²) in [6.45, 7) is 0.168. The molecule has 0 unspecified atom stereocenters. The maximum absolute atomic E-state index is 13.4. The number of anilines is 1. The van der Waals surface area contributed by atoms with Gasteiger partial charge in [-0.15, -0.1) is 0 Å². The maximum Gasteiger partial charge on any atom is 0.335 e. The molecule has 1 heterocycles. The van der Waals surface area contributed by atoms with E-state index in [0.717, 1.165) is 21.2 Å². The average molecular weight is 552 g/mol. The van der Waals surface area contributed by atoms with Crippen molar-refractivity contribution in [2.45, 2.75) is 6.61 Å². The fraction of sp³-hybridized carbons (Fsp3) is 0.0357. The lowest BCUT2D eigenvalue weighted by Gasteiger charge is -2.26. The lowest BCUT2D eigenvalue weighted by Crippen LogP contribution is -2.54. The number of benzene rings is 4. The van der Waals surface area contributed by atoms with Crippen LogP contribution >= 0.6 is 34.8 Å². The second-order valence-electron chi connectivity index (χ2n) is 8.17. The third-order valence-electron chi connectivity index (χ3n) is 5.78. The van der Waals surface area contributed by atoms with Crippen LogP contribution in [0.3, 0.4) is 0 Å². The molecule has 0 aliphatic carbocycles. The highest BCUT2D eigenvalue weighted by Crippen LogP contribution is 2.33. The van der Waals surface area contributed by atoms with Crippen LogP contribution in [0.4, 0.5) is 10.5 Å². The average Bonchev–Trinajstić information content (AvgIpc) is 2.88. The summed E-state index contributed by atoms with van der Waals surface area (Å²) in [5.41, 5.74) is 1.36. The van der Waals surface area contributed by atoms with Crippen molar-refractivity contribution in [3.63, 3.8) is 0 Å². The van der Waals surface area contributed by atoms with Crippen LogP contribution in [0.5, 0.6) is 5.75 Å². The van der Waals surface area contributed by atoms with Gasteiger partial charge in [0.05, 0.1) is 15.7 Å². The number of nitrogens with zero attached hydrogens (tertiary/aromatic N) is 1. The molecule has 5 rings (SSSR count). The molecular weight excluding hydrogens is 535 g/mol. The highest BCUT2D eigenvalue weighted by atomic mass is 35.5. The summed E-state index contributed by atoms with van der Waals surface area (Å²) in [4.78, 5) is 39.7. The molecule has 4 aromatic rings. The predicted octanol–water partition coefficient (Wildman–Crippen LogP) is 7.05. The Kier molecular flexibility index (Phi) is 6.89. The monoisotopic (exact) mass is 550 g/mol. The minimum absolute atomic E-state index is 0.168. The van der Waals surface area contributed by atoms with E-state index in [-0.39, 0.29) is 17.9 Å². The molecule has 184 valence electrons.